The van der Waals surface area contributed by atoms with Crippen LogP contribution in [0.4, 0.5) is 5.82 Å². The molecular formula is C10H15N5O9P2S2. The second kappa shape index (κ2) is 7.74. The van der Waals surface area contributed by atoms with Crippen LogP contribution in [-0.2, 0) is 22.7 Å². The molecule has 3 rings (SSSR count). The Morgan fingerprint density at radius 1 is 1.43 bits per heavy atom. The molecule has 3 heterocycles. The Kier molecular flexibility index (Phi) is 6.02. The average Bonchev–Trinajstić information content (AvgIpc) is 3.06. The normalized spacial score (nSPS) is 27.9. The number of nitrogens with zero attached hydrogens (tertiary/aromatic N) is 3. The molecule has 0 spiro atoms. The van der Waals surface area contributed by atoms with Crippen LogP contribution in [0.15, 0.2) is 6.33 Å². The first kappa shape index (κ1) is 21.8. The van der Waals surface area contributed by atoms with Crippen molar-refractivity contribution in [1.82, 2.24) is 19.5 Å². The van der Waals surface area contributed by atoms with Crippen LogP contribution in [0.2, 0.25) is 0 Å². The fourth-order valence-corrected chi connectivity index (χ4v) is 4.76. The highest BCUT2D eigenvalue weighted by atomic mass is 32.1. The zero-order valence-corrected chi connectivity index (χ0v) is 17.1. The number of hydrogen-bond acceptors (Lipinski definition) is 11. The summed E-state index contributed by atoms with van der Waals surface area (Å²) in [5, 5.41) is 9.44. The smallest absolute Gasteiger partial charge is 0.389 e. The summed E-state index contributed by atoms with van der Waals surface area (Å²) < 4.78 is 37.5. The summed E-state index contributed by atoms with van der Waals surface area (Å²) in [5.41, 5.74) is 6.37. The summed E-state index contributed by atoms with van der Waals surface area (Å²) >= 11 is 9.26. The predicted octanol–water partition coefficient (Wildman–Crippen LogP) is -0.146. The molecule has 0 radical (unpaired) electrons. The van der Waals surface area contributed by atoms with Crippen molar-refractivity contribution in [3.8, 4) is 0 Å². The van der Waals surface area contributed by atoms with Gasteiger partial charge in [-0.1, -0.05) is 0 Å². The average molecular weight is 475 g/mol. The highest BCUT2D eigenvalue weighted by molar-refractivity contribution is 7.81. The van der Waals surface area contributed by atoms with Gasteiger partial charge in [-0.05, 0) is 12.2 Å². The molecule has 0 aromatic carbocycles. The second-order valence-electron chi connectivity index (χ2n) is 5.66. The third-order valence-corrected chi connectivity index (χ3v) is 6.60. The van der Waals surface area contributed by atoms with Crippen LogP contribution < -0.4 is 5.73 Å². The predicted molar refractivity (Wildman–Crippen MR) is 98.7 cm³/mol. The Balaban J connectivity index is 1.79. The lowest BCUT2D eigenvalue weighted by molar-refractivity contribution is -0.0421. The van der Waals surface area contributed by atoms with Crippen LogP contribution in [-0.4, -0.2) is 63.4 Å². The number of ether oxygens (including phenoxy) is 1. The van der Waals surface area contributed by atoms with Gasteiger partial charge in [-0.15, -0.1) is 0 Å². The van der Waals surface area contributed by atoms with Crippen LogP contribution in [0.1, 0.15) is 6.23 Å². The number of aliphatic hydroxyl groups is 1. The highest BCUT2D eigenvalue weighted by Crippen LogP contribution is 2.57. The number of thiol groups is 1. The van der Waals surface area contributed by atoms with Crippen LogP contribution in [0.25, 0.3) is 11.2 Å². The number of fused-ring (bicyclic) bond motifs is 1. The van der Waals surface area contributed by atoms with Gasteiger partial charge in [-0.3, -0.25) is 9.09 Å². The maximum absolute atomic E-state index is 11.5. The molecule has 0 amide bonds. The maximum Gasteiger partial charge on any atom is 0.481 e. The molecule has 1 unspecified atom stereocenters. The van der Waals surface area contributed by atoms with E-state index in [1.54, 1.807) is 0 Å². The van der Waals surface area contributed by atoms with E-state index in [1.165, 1.54) is 10.9 Å². The number of H-pyrrole nitrogens is 1. The minimum Gasteiger partial charge on any atom is -0.389 e. The molecule has 18 heteroatoms. The van der Waals surface area contributed by atoms with Crippen LogP contribution in [0.5, 0.6) is 0 Å². The lowest BCUT2D eigenvalue weighted by Gasteiger charge is -2.18. The van der Waals surface area contributed by atoms with Crippen LogP contribution >= 0.6 is 40.5 Å². The molecule has 0 bridgehead atoms. The number of phosphoric acid groups is 2. The van der Waals surface area contributed by atoms with E-state index in [-0.39, 0.29) is 16.2 Å². The fourth-order valence-electron chi connectivity index (χ4n) is 2.56. The summed E-state index contributed by atoms with van der Waals surface area (Å²) in [6.45, 7) is -0.717. The number of nitrogens with two attached hydrogens (primary N) is 1. The lowest BCUT2D eigenvalue weighted by atomic mass is 10.2. The minimum atomic E-state index is -5.27. The number of aliphatic hydroxyl groups excluding tert-OH is 1. The largest absolute Gasteiger partial charge is 0.481 e. The molecule has 1 aliphatic heterocycles. The summed E-state index contributed by atoms with van der Waals surface area (Å²) in [6, 6.07) is 0. The van der Waals surface area contributed by atoms with Gasteiger partial charge in [0.1, 0.15) is 17.4 Å². The van der Waals surface area contributed by atoms with Gasteiger partial charge in [0.15, 0.2) is 16.6 Å². The Morgan fingerprint density at radius 3 is 2.75 bits per heavy atom. The van der Waals surface area contributed by atoms with Gasteiger partial charge in [0, 0.05) is 0 Å². The summed E-state index contributed by atoms with van der Waals surface area (Å²) in [4.78, 5) is 37.4. The molecule has 1 aliphatic rings. The number of nitrogen functional groups attached to an aromatic ring is 1. The number of aromatic amines is 1. The zero-order chi connectivity index (χ0) is 20.9. The third-order valence-electron chi connectivity index (χ3n) is 3.69. The number of anilines is 1. The number of rotatable bonds is 6. The monoisotopic (exact) mass is 475 g/mol. The van der Waals surface area contributed by atoms with E-state index in [0.29, 0.717) is 5.52 Å². The quantitative estimate of drug-likeness (QED) is 0.165. The van der Waals surface area contributed by atoms with Crippen molar-refractivity contribution in [2.45, 2.75) is 23.7 Å². The van der Waals surface area contributed by atoms with Crippen molar-refractivity contribution in [1.29, 1.82) is 0 Å². The lowest BCUT2D eigenvalue weighted by Crippen LogP contribution is -2.30. The SMILES string of the molecule is Nc1[nH]c(=S)nc2c1ncn2[C@@H]1O[C@H](COP(=O)(O)OP(=O)(O)O)[C@@H](O)[C@H]1S. The van der Waals surface area contributed by atoms with Crippen molar-refractivity contribution in [3.05, 3.63) is 11.1 Å². The maximum atomic E-state index is 11.5. The van der Waals surface area contributed by atoms with E-state index in [2.05, 4.69) is 36.4 Å². The second-order valence-corrected chi connectivity index (χ2v) is 9.48. The van der Waals surface area contributed by atoms with E-state index in [0.717, 1.165) is 0 Å². The van der Waals surface area contributed by atoms with Crippen molar-refractivity contribution in [2.24, 2.45) is 0 Å². The molecule has 156 valence electrons. The van der Waals surface area contributed by atoms with Crippen molar-refractivity contribution < 1.29 is 42.5 Å². The number of imidazole rings is 1. The summed E-state index contributed by atoms with van der Waals surface area (Å²) in [7, 11) is -10.4. The van der Waals surface area contributed by atoms with Crippen molar-refractivity contribution >= 4 is 57.5 Å². The molecule has 2 aromatic rings. The van der Waals surface area contributed by atoms with Gasteiger partial charge in [0.05, 0.1) is 24.3 Å². The van der Waals surface area contributed by atoms with Crippen molar-refractivity contribution in [3.63, 3.8) is 0 Å². The summed E-state index contributed by atoms with van der Waals surface area (Å²) in [6.07, 6.45) is -2.05. The van der Waals surface area contributed by atoms with Gasteiger partial charge in [0.2, 0.25) is 0 Å². The van der Waals surface area contributed by atoms with E-state index in [1.807, 2.05) is 0 Å². The Hall–Kier alpha value is -0.900. The van der Waals surface area contributed by atoms with Gasteiger partial charge in [0.25, 0.3) is 0 Å². The molecule has 2 aromatic heterocycles. The summed E-state index contributed by atoms with van der Waals surface area (Å²) in [5.74, 6) is 0.179. The third kappa shape index (κ3) is 4.63. The molecule has 1 saturated heterocycles. The Bertz CT molecular complexity index is 1040. The van der Waals surface area contributed by atoms with E-state index in [9.17, 15) is 19.1 Å². The standard InChI is InChI=1S/C10H15N5O9P2S2/c11-7-4-8(14-10(28)13-7)15(2-12-4)9-6(27)5(16)3(23-9)1-22-26(20,21)24-25(17,18)19/h2-3,5-6,9,16,27H,1H2,(H,20,21)(H2,17,18,19)(H3,11,13,14,28)/t3-,5-,6-,9-/m1/s1. The number of nitrogens with one attached hydrogen (secondary N) is 1. The van der Waals surface area contributed by atoms with Gasteiger partial charge in [-0.2, -0.15) is 21.9 Å². The molecule has 14 nitrogen and oxygen atoms in total. The zero-order valence-electron chi connectivity index (χ0n) is 13.6. The van der Waals surface area contributed by atoms with Gasteiger partial charge in [-0.25, -0.2) is 14.1 Å². The first-order valence-corrected chi connectivity index (χ1v) is 11.3. The Morgan fingerprint density at radius 2 is 2.11 bits per heavy atom. The van der Waals surface area contributed by atoms with E-state index in [4.69, 9.17) is 32.5 Å². The Labute approximate surface area is 166 Å². The molecular weight excluding hydrogens is 460 g/mol. The van der Waals surface area contributed by atoms with Crippen LogP contribution in [0.3, 0.4) is 0 Å². The number of aromatic nitrogens is 4. The molecule has 0 saturated carbocycles. The van der Waals surface area contributed by atoms with Gasteiger partial charge >= 0.3 is 15.6 Å². The molecule has 1 fully saturated rings. The highest BCUT2D eigenvalue weighted by Gasteiger charge is 2.45. The van der Waals surface area contributed by atoms with Crippen LogP contribution in [0, 0.1) is 4.77 Å². The number of hydrogen-bond donors (Lipinski definition) is 7. The first-order chi connectivity index (χ1) is 12.9. The topological polar surface area (TPSA) is 215 Å². The van der Waals surface area contributed by atoms with Gasteiger partial charge < -0.3 is 35.2 Å². The number of phosphoric ester groups is 1. The molecule has 5 atom stereocenters. The molecule has 28 heavy (non-hydrogen) atoms. The molecule has 7 N–H and O–H groups in total. The molecule has 0 aliphatic carbocycles. The van der Waals surface area contributed by atoms with E-state index < -0.39 is 45.9 Å². The first-order valence-electron chi connectivity index (χ1n) is 7.36. The fraction of sp³-hybridized carbons (Fsp3) is 0.500. The van der Waals surface area contributed by atoms with E-state index >= 15 is 0 Å². The minimum absolute atomic E-state index is 0.0942. The van der Waals surface area contributed by atoms with Crippen molar-refractivity contribution in [2.75, 3.05) is 12.3 Å².